The molecular weight excluding hydrogens is 338 g/mol. The van der Waals surface area contributed by atoms with Crippen LogP contribution in [0.25, 0.3) is 0 Å². The molecule has 1 aromatic carbocycles. The van der Waals surface area contributed by atoms with Gasteiger partial charge in [-0.1, -0.05) is 12.1 Å². The molecule has 0 amide bonds. The lowest BCUT2D eigenvalue weighted by Crippen LogP contribution is -2.41. The number of nitrogens with one attached hydrogen (secondary N) is 1. The van der Waals surface area contributed by atoms with Gasteiger partial charge < -0.3 is 15.0 Å². The summed E-state index contributed by atoms with van der Waals surface area (Å²) in [6.07, 6.45) is 0.0809. The predicted molar refractivity (Wildman–Crippen MR) is 94.8 cm³/mol. The summed E-state index contributed by atoms with van der Waals surface area (Å²) in [5, 5.41) is 0. The van der Waals surface area contributed by atoms with Gasteiger partial charge in [0.05, 0.1) is 17.0 Å². The van der Waals surface area contributed by atoms with Crippen LogP contribution in [0, 0.1) is 0 Å². The van der Waals surface area contributed by atoms with Crippen molar-refractivity contribution < 1.29 is 17.7 Å². The van der Waals surface area contributed by atoms with E-state index in [9.17, 15) is 8.42 Å². The largest absolute Gasteiger partial charge is 0.473 e. The number of halogens is 1. The first-order valence-corrected chi connectivity index (χ1v) is 8.83. The number of nitrogens with two attached hydrogens (primary N) is 1. The number of hydrogen-bond acceptors (Lipinski definition) is 5. The maximum absolute atomic E-state index is 12.1. The highest BCUT2D eigenvalue weighted by molar-refractivity contribution is 7.88. The van der Waals surface area contributed by atoms with E-state index in [0.717, 1.165) is 0 Å². The standard InChI is InChI=1S/C14H23BN2O4S.ClH/c1-13(2)14(3,4)21-15(20-13)10-17-22(18,19)9-11-6-5-7-12(16)8-11;/h5-8,17H,9-10,16H2,1-4H3;1H. The molecule has 6 nitrogen and oxygen atoms in total. The van der Waals surface area contributed by atoms with Crippen molar-refractivity contribution >= 4 is 35.2 Å². The van der Waals surface area contributed by atoms with E-state index in [1.54, 1.807) is 24.3 Å². The maximum atomic E-state index is 12.1. The van der Waals surface area contributed by atoms with Crippen LogP contribution in [0.3, 0.4) is 0 Å². The second-order valence-electron chi connectivity index (χ2n) is 6.54. The Morgan fingerprint density at radius 3 is 2.26 bits per heavy atom. The van der Waals surface area contributed by atoms with Crippen LogP contribution < -0.4 is 10.5 Å². The Hall–Kier alpha value is -0.795. The van der Waals surface area contributed by atoms with Crippen molar-refractivity contribution in [1.82, 2.24) is 4.72 Å². The van der Waals surface area contributed by atoms with Gasteiger partial charge in [0.25, 0.3) is 0 Å². The van der Waals surface area contributed by atoms with E-state index in [4.69, 9.17) is 15.0 Å². The van der Waals surface area contributed by atoms with E-state index in [0.29, 0.717) is 11.3 Å². The number of rotatable bonds is 5. The predicted octanol–water partition coefficient (Wildman–Crippen LogP) is 1.74. The molecular formula is C14H24BClN2O4S. The molecule has 0 saturated carbocycles. The highest BCUT2D eigenvalue weighted by Gasteiger charge is 2.51. The maximum Gasteiger partial charge on any atom is 0.473 e. The van der Waals surface area contributed by atoms with Crippen LogP contribution in [0.4, 0.5) is 5.69 Å². The molecule has 1 saturated heterocycles. The fraction of sp³-hybridized carbons (Fsp3) is 0.571. The molecule has 0 spiro atoms. The van der Waals surface area contributed by atoms with Crippen molar-refractivity contribution in [2.24, 2.45) is 0 Å². The number of benzene rings is 1. The van der Waals surface area contributed by atoms with E-state index in [1.165, 1.54) is 0 Å². The van der Waals surface area contributed by atoms with Crippen LogP contribution in [0.1, 0.15) is 33.3 Å². The van der Waals surface area contributed by atoms with Crippen molar-refractivity contribution in [3.05, 3.63) is 29.8 Å². The van der Waals surface area contributed by atoms with Gasteiger partial charge in [-0.15, -0.1) is 12.4 Å². The van der Waals surface area contributed by atoms with Crippen LogP contribution in [0.15, 0.2) is 24.3 Å². The lowest BCUT2D eigenvalue weighted by atomic mass is 9.90. The van der Waals surface area contributed by atoms with Gasteiger partial charge in [-0.05, 0) is 45.4 Å². The van der Waals surface area contributed by atoms with E-state index >= 15 is 0 Å². The molecule has 23 heavy (non-hydrogen) atoms. The molecule has 0 atom stereocenters. The van der Waals surface area contributed by atoms with Crippen molar-refractivity contribution in [1.29, 1.82) is 0 Å². The molecule has 0 aliphatic carbocycles. The molecule has 0 radical (unpaired) electrons. The molecule has 0 aromatic heterocycles. The number of hydrogen-bond donors (Lipinski definition) is 2. The summed E-state index contributed by atoms with van der Waals surface area (Å²) in [6.45, 7) is 7.70. The number of anilines is 1. The molecule has 130 valence electrons. The number of nitrogen functional groups attached to an aromatic ring is 1. The Morgan fingerprint density at radius 1 is 1.17 bits per heavy atom. The molecule has 9 heteroatoms. The molecule has 0 bridgehead atoms. The average Bonchev–Trinajstić information content (AvgIpc) is 2.55. The fourth-order valence-electron chi connectivity index (χ4n) is 2.20. The summed E-state index contributed by atoms with van der Waals surface area (Å²) >= 11 is 0. The zero-order valence-electron chi connectivity index (χ0n) is 13.8. The third kappa shape index (κ3) is 5.09. The van der Waals surface area contributed by atoms with Gasteiger partial charge in [0.2, 0.25) is 10.0 Å². The average molecular weight is 363 g/mol. The third-order valence-corrected chi connectivity index (χ3v) is 5.40. The second kappa shape index (κ2) is 6.98. The molecule has 1 aromatic rings. The van der Waals surface area contributed by atoms with Crippen molar-refractivity contribution in [2.45, 2.75) is 44.6 Å². The van der Waals surface area contributed by atoms with Crippen LogP contribution in [-0.2, 0) is 25.1 Å². The quantitative estimate of drug-likeness (QED) is 0.615. The van der Waals surface area contributed by atoms with Crippen LogP contribution in [0.5, 0.6) is 0 Å². The minimum Gasteiger partial charge on any atom is -0.402 e. The Balaban J connectivity index is 0.00000264. The first kappa shape index (κ1) is 20.2. The second-order valence-corrected chi connectivity index (χ2v) is 8.35. The highest BCUT2D eigenvalue weighted by atomic mass is 35.5. The van der Waals surface area contributed by atoms with E-state index in [1.807, 2.05) is 27.7 Å². The SMILES string of the molecule is CC1(C)OB(CNS(=O)(=O)Cc2cccc(N)c2)OC1(C)C.Cl. The number of sulfonamides is 1. The molecule has 3 N–H and O–H groups in total. The van der Waals surface area contributed by atoms with Crippen LogP contribution in [0.2, 0.25) is 0 Å². The van der Waals surface area contributed by atoms with E-state index < -0.39 is 28.3 Å². The van der Waals surface area contributed by atoms with Gasteiger partial charge in [0.1, 0.15) is 0 Å². The van der Waals surface area contributed by atoms with E-state index in [2.05, 4.69) is 4.72 Å². The first-order valence-electron chi connectivity index (χ1n) is 7.18. The van der Waals surface area contributed by atoms with Crippen molar-refractivity contribution in [3.63, 3.8) is 0 Å². The molecule has 1 fully saturated rings. The molecule has 1 aliphatic rings. The third-order valence-electron chi connectivity index (χ3n) is 4.08. The summed E-state index contributed by atoms with van der Waals surface area (Å²) in [4.78, 5) is 0. The summed E-state index contributed by atoms with van der Waals surface area (Å²) < 4.78 is 38.3. The smallest absolute Gasteiger partial charge is 0.402 e. The minimum atomic E-state index is -3.48. The Morgan fingerprint density at radius 2 is 1.74 bits per heavy atom. The Kier molecular flexibility index (Phi) is 6.15. The summed E-state index contributed by atoms with van der Waals surface area (Å²) in [6, 6.07) is 6.82. The minimum absolute atomic E-state index is 0. The van der Waals surface area contributed by atoms with Crippen molar-refractivity contribution in [2.75, 3.05) is 12.2 Å². The van der Waals surface area contributed by atoms with Crippen LogP contribution in [-0.4, -0.2) is 33.2 Å². The van der Waals surface area contributed by atoms with Gasteiger partial charge in [-0.25, -0.2) is 13.1 Å². The highest BCUT2D eigenvalue weighted by Crippen LogP contribution is 2.36. The molecule has 1 heterocycles. The van der Waals surface area contributed by atoms with Gasteiger partial charge in [-0.3, -0.25) is 0 Å². The monoisotopic (exact) mass is 362 g/mol. The van der Waals surface area contributed by atoms with Gasteiger partial charge in [0, 0.05) is 12.1 Å². The summed E-state index contributed by atoms with van der Waals surface area (Å²) in [7, 11) is -4.08. The molecule has 1 aliphatic heterocycles. The zero-order valence-corrected chi connectivity index (χ0v) is 15.5. The Bertz CT molecular complexity index is 636. The van der Waals surface area contributed by atoms with Gasteiger partial charge >= 0.3 is 7.12 Å². The summed E-state index contributed by atoms with van der Waals surface area (Å²) in [5.74, 6) is -0.127. The van der Waals surface area contributed by atoms with Crippen LogP contribution >= 0.6 is 12.4 Å². The van der Waals surface area contributed by atoms with Gasteiger partial charge in [-0.2, -0.15) is 0 Å². The first-order chi connectivity index (χ1) is 10.0. The topological polar surface area (TPSA) is 90.7 Å². The summed E-state index contributed by atoms with van der Waals surface area (Å²) in [5.41, 5.74) is 5.89. The van der Waals surface area contributed by atoms with Crippen molar-refractivity contribution in [3.8, 4) is 0 Å². The van der Waals surface area contributed by atoms with E-state index in [-0.39, 0.29) is 24.6 Å². The zero-order chi connectivity index (χ0) is 16.6. The molecule has 0 unspecified atom stereocenters. The molecule has 2 rings (SSSR count). The Labute approximate surface area is 144 Å². The normalized spacial score (nSPS) is 19.4. The van der Waals surface area contributed by atoms with Gasteiger partial charge in [0.15, 0.2) is 0 Å². The lowest BCUT2D eigenvalue weighted by molar-refractivity contribution is 0.00578. The fourth-order valence-corrected chi connectivity index (χ4v) is 3.31. The lowest BCUT2D eigenvalue weighted by Gasteiger charge is -2.32.